The number of hydrogen-bond acceptors (Lipinski definition) is 2. The number of nitrogens with zero attached hydrogens (tertiary/aromatic N) is 1. The van der Waals surface area contributed by atoms with Crippen molar-refractivity contribution in [3.05, 3.63) is 23.3 Å². The normalized spacial score (nSPS) is 23.1. The van der Waals surface area contributed by atoms with Crippen molar-refractivity contribution in [3.8, 4) is 0 Å². The van der Waals surface area contributed by atoms with Crippen LogP contribution in [0, 0.1) is 0 Å². The number of amides is 2. The van der Waals surface area contributed by atoms with Crippen LogP contribution in [-0.2, 0) is 4.79 Å². The quantitative estimate of drug-likeness (QED) is 0.737. The highest BCUT2D eigenvalue weighted by atomic mass is 16.2. The van der Waals surface area contributed by atoms with Crippen molar-refractivity contribution in [2.75, 3.05) is 0 Å². The van der Waals surface area contributed by atoms with Crippen LogP contribution in [0.4, 0.5) is 4.79 Å². The van der Waals surface area contributed by atoms with Crippen LogP contribution in [0.2, 0.25) is 0 Å². The molecule has 0 unspecified atom stereocenters. The highest BCUT2D eigenvalue weighted by Crippen LogP contribution is 2.17. The van der Waals surface area contributed by atoms with Gasteiger partial charge in [0.1, 0.15) is 0 Å². The summed E-state index contributed by atoms with van der Waals surface area (Å²) in [5, 5.41) is 2.94. The van der Waals surface area contributed by atoms with Gasteiger partial charge in [-0.25, -0.2) is 4.79 Å². The molecule has 0 saturated heterocycles. The smallest absolute Gasteiger partial charge is 0.333 e. The molecular formula is C15H20N2O2. The van der Waals surface area contributed by atoms with Crippen molar-refractivity contribution >= 4 is 17.5 Å². The van der Waals surface area contributed by atoms with Gasteiger partial charge in [-0.3, -0.25) is 4.79 Å². The molecule has 4 nitrogen and oxygen atoms in total. The van der Waals surface area contributed by atoms with Crippen LogP contribution >= 0.6 is 0 Å². The summed E-state index contributed by atoms with van der Waals surface area (Å²) in [5.74, 6) is -0.0101. The first-order chi connectivity index (χ1) is 9.06. The first kappa shape index (κ1) is 13.7. The molecule has 0 aromatic carbocycles. The second-order valence-corrected chi connectivity index (χ2v) is 5.30. The summed E-state index contributed by atoms with van der Waals surface area (Å²) in [5.41, 5.74) is 1.95. The van der Waals surface area contributed by atoms with E-state index in [1.165, 1.54) is 25.3 Å². The molecule has 0 atom stereocenters. The summed E-state index contributed by atoms with van der Waals surface area (Å²) in [7, 11) is 0. The Labute approximate surface area is 113 Å². The second-order valence-electron chi connectivity index (χ2n) is 5.30. The maximum absolute atomic E-state index is 11.9. The van der Waals surface area contributed by atoms with Gasteiger partial charge >= 0.3 is 6.03 Å². The van der Waals surface area contributed by atoms with E-state index in [4.69, 9.17) is 0 Å². The van der Waals surface area contributed by atoms with Gasteiger partial charge in [0, 0.05) is 6.04 Å². The minimum Gasteiger partial charge on any atom is -0.333 e. The van der Waals surface area contributed by atoms with Gasteiger partial charge in [0.05, 0.1) is 5.71 Å². The lowest BCUT2D eigenvalue weighted by Crippen LogP contribution is -2.34. The number of ketones is 1. The third-order valence-electron chi connectivity index (χ3n) is 3.65. The van der Waals surface area contributed by atoms with E-state index in [0.29, 0.717) is 11.3 Å². The summed E-state index contributed by atoms with van der Waals surface area (Å²) in [6.45, 7) is 3.54. The van der Waals surface area contributed by atoms with Crippen molar-refractivity contribution in [3.63, 3.8) is 0 Å². The fourth-order valence-electron chi connectivity index (χ4n) is 2.46. The van der Waals surface area contributed by atoms with Crippen molar-refractivity contribution in [2.45, 2.75) is 52.0 Å². The van der Waals surface area contributed by atoms with Crippen molar-refractivity contribution in [1.82, 2.24) is 5.32 Å². The van der Waals surface area contributed by atoms with Crippen molar-refractivity contribution in [2.24, 2.45) is 4.99 Å². The monoisotopic (exact) mass is 260 g/mol. The van der Waals surface area contributed by atoms with E-state index in [1.807, 2.05) is 0 Å². The molecule has 4 heteroatoms. The molecule has 2 amide bonds. The average molecular weight is 260 g/mol. The fraction of sp³-hybridized carbons (Fsp3) is 0.533. The molecule has 0 aromatic rings. The number of carbonyl (C=O) groups is 2. The number of nitrogens with one attached hydrogen (secondary N) is 1. The molecule has 0 aromatic heterocycles. The van der Waals surface area contributed by atoms with E-state index in [0.717, 1.165) is 18.4 Å². The van der Waals surface area contributed by atoms with E-state index in [9.17, 15) is 9.59 Å². The SMILES string of the molecule is CC1=CC(=NC(=O)NC2CCCCC2)C(C)=CC1=O. The predicted octanol–water partition coefficient (Wildman–Crippen LogP) is 2.95. The van der Waals surface area contributed by atoms with Gasteiger partial charge in [0.15, 0.2) is 5.78 Å². The molecule has 102 valence electrons. The van der Waals surface area contributed by atoms with Gasteiger partial charge in [0.2, 0.25) is 0 Å². The van der Waals surface area contributed by atoms with E-state index < -0.39 is 0 Å². The number of rotatable bonds is 1. The minimum atomic E-state index is -0.298. The van der Waals surface area contributed by atoms with Crippen molar-refractivity contribution < 1.29 is 9.59 Å². The number of allylic oxidation sites excluding steroid dienone is 4. The van der Waals surface area contributed by atoms with Crippen LogP contribution < -0.4 is 5.32 Å². The average Bonchev–Trinajstić information content (AvgIpc) is 2.37. The van der Waals surface area contributed by atoms with Crippen molar-refractivity contribution in [1.29, 1.82) is 0 Å². The predicted molar refractivity (Wildman–Crippen MR) is 75.4 cm³/mol. The van der Waals surface area contributed by atoms with Gasteiger partial charge < -0.3 is 5.32 Å². The Morgan fingerprint density at radius 3 is 2.53 bits per heavy atom. The summed E-state index contributed by atoms with van der Waals surface area (Å²) in [4.78, 5) is 27.4. The van der Waals surface area contributed by atoms with Crippen LogP contribution in [0.5, 0.6) is 0 Å². The summed E-state index contributed by atoms with van der Waals surface area (Å²) in [6.07, 6.45) is 8.90. The highest BCUT2D eigenvalue weighted by Gasteiger charge is 2.17. The maximum atomic E-state index is 11.9. The Morgan fingerprint density at radius 2 is 1.84 bits per heavy atom. The summed E-state index contributed by atoms with van der Waals surface area (Å²) < 4.78 is 0. The summed E-state index contributed by atoms with van der Waals surface area (Å²) in [6, 6.07) is -0.0433. The van der Waals surface area contributed by atoms with E-state index in [1.54, 1.807) is 19.9 Å². The Morgan fingerprint density at radius 1 is 1.16 bits per heavy atom. The molecule has 2 rings (SSSR count). The van der Waals surface area contributed by atoms with Gasteiger partial charge in [-0.15, -0.1) is 0 Å². The molecule has 1 N–H and O–H groups in total. The molecule has 0 heterocycles. The largest absolute Gasteiger partial charge is 0.341 e. The Kier molecular flexibility index (Phi) is 4.30. The second kappa shape index (κ2) is 5.95. The molecule has 0 aliphatic heterocycles. The highest BCUT2D eigenvalue weighted by molar-refractivity contribution is 6.23. The molecule has 19 heavy (non-hydrogen) atoms. The van der Waals surface area contributed by atoms with E-state index in [2.05, 4.69) is 10.3 Å². The third-order valence-corrected chi connectivity index (χ3v) is 3.65. The standard InChI is InChI=1S/C15H20N2O2/c1-10-9-14(18)11(2)8-13(10)17-15(19)16-12-6-4-3-5-7-12/h8-9,12H,3-7H2,1-2H3,(H,16,19). The van der Waals surface area contributed by atoms with Gasteiger partial charge in [-0.1, -0.05) is 19.3 Å². The zero-order chi connectivity index (χ0) is 13.8. The third kappa shape index (κ3) is 3.63. The zero-order valence-corrected chi connectivity index (χ0v) is 11.5. The number of hydrogen-bond donors (Lipinski definition) is 1. The Hall–Kier alpha value is -1.71. The fourth-order valence-corrected chi connectivity index (χ4v) is 2.46. The van der Waals surface area contributed by atoms with Crippen LogP contribution in [0.1, 0.15) is 46.0 Å². The molecule has 0 spiro atoms. The van der Waals surface area contributed by atoms with E-state index >= 15 is 0 Å². The number of carbonyl (C=O) groups excluding carboxylic acids is 2. The number of urea groups is 1. The molecule has 2 aliphatic rings. The minimum absolute atomic E-state index is 0.0101. The first-order valence-electron chi connectivity index (χ1n) is 6.87. The van der Waals surface area contributed by atoms with Crippen LogP contribution in [0.15, 0.2) is 28.3 Å². The molecule has 0 bridgehead atoms. The van der Waals surface area contributed by atoms with Crippen LogP contribution in [0.3, 0.4) is 0 Å². The molecule has 1 saturated carbocycles. The van der Waals surface area contributed by atoms with E-state index in [-0.39, 0.29) is 17.9 Å². The Balaban J connectivity index is 2.02. The molecule has 2 aliphatic carbocycles. The zero-order valence-electron chi connectivity index (χ0n) is 11.5. The topological polar surface area (TPSA) is 58.5 Å². The Bertz CT molecular complexity index is 480. The first-order valence-corrected chi connectivity index (χ1v) is 6.87. The number of aliphatic imine (C=N–C) groups is 1. The molecule has 1 fully saturated rings. The van der Waals surface area contributed by atoms with Gasteiger partial charge in [0.25, 0.3) is 0 Å². The van der Waals surface area contributed by atoms with Crippen LogP contribution in [-0.4, -0.2) is 23.6 Å². The maximum Gasteiger partial charge on any atom is 0.341 e. The lowest BCUT2D eigenvalue weighted by Gasteiger charge is -2.21. The van der Waals surface area contributed by atoms with Gasteiger partial charge in [-0.05, 0) is 50.0 Å². The molecule has 0 radical (unpaired) electrons. The summed E-state index contributed by atoms with van der Waals surface area (Å²) >= 11 is 0. The molecular weight excluding hydrogens is 240 g/mol. The lowest BCUT2D eigenvalue weighted by molar-refractivity contribution is -0.111. The van der Waals surface area contributed by atoms with Gasteiger partial charge in [-0.2, -0.15) is 4.99 Å². The van der Waals surface area contributed by atoms with Crippen LogP contribution in [0.25, 0.3) is 0 Å². The lowest BCUT2D eigenvalue weighted by atomic mass is 9.96.